The highest BCUT2D eigenvalue weighted by atomic mass is 35.5. The first-order valence-corrected chi connectivity index (χ1v) is 6.39. The van der Waals surface area contributed by atoms with E-state index in [1.807, 2.05) is 24.0 Å². The van der Waals surface area contributed by atoms with Gasteiger partial charge in [-0.25, -0.2) is 0 Å². The minimum Gasteiger partial charge on any atom is -0.392 e. The van der Waals surface area contributed by atoms with Gasteiger partial charge in [0.15, 0.2) is 0 Å². The number of β-amino-alcohol motifs (C(OH)–C–C–N with tert-alkyl or cyclic N) is 1. The number of halogens is 1. The third kappa shape index (κ3) is 3.45. The molecule has 1 atom stereocenters. The minimum absolute atomic E-state index is 0.102. The number of benzene rings is 1. The van der Waals surface area contributed by atoms with Gasteiger partial charge in [-0.3, -0.25) is 9.69 Å². The third-order valence-electron chi connectivity index (χ3n) is 3.01. The number of carbonyl (C=O) groups is 1. The molecule has 1 aromatic rings. The molecular formula is C13H17ClN2O2. The number of rotatable bonds is 3. The summed E-state index contributed by atoms with van der Waals surface area (Å²) < 4.78 is 0. The van der Waals surface area contributed by atoms with Crippen LogP contribution in [0.25, 0.3) is 0 Å². The Morgan fingerprint density at radius 3 is 3.00 bits per heavy atom. The van der Waals surface area contributed by atoms with Crippen molar-refractivity contribution in [3.63, 3.8) is 0 Å². The quantitative estimate of drug-likeness (QED) is 0.877. The van der Waals surface area contributed by atoms with E-state index in [1.54, 1.807) is 6.07 Å². The first-order chi connectivity index (χ1) is 8.54. The molecule has 1 amide bonds. The monoisotopic (exact) mass is 268 g/mol. The Balaban J connectivity index is 1.91. The number of amides is 1. The molecule has 2 rings (SSSR count). The molecule has 0 spiro atoms. The van der Waals surface area contributed by atoms with E-state index >= 15 is 0 Å². The predicted molar refractivity (Wildman–Crippen MR) is 71.9 cm³/mol. The molecule has 1 aliphatic rings. The Morgan fingerprint density at radius 1 is 1.61 bits per heavy atom. The van der Waals surface area contributed by atoms with E-state index in [1.165, 1.54) is 0 Å². The lowest BCUT2D eigenvalue weighted by atomic mass is 10.2. The Bertz CT molecular complexity index is 451. The number of carbonyl (C=O) groups excluding carboxylic acids is 1. The molecule has 0 aromatic heterocycles. The summed E-state index contributed by atoms with van der Waals surface area (Å²) in [6.07, 6.45) is 0.430. The first-order valence-electron chi connectivity index (χ1n) is 6.01. The summed E-state index contributed by atoms with van der Waals surface area (Å²) >= 11 is 6.05. The van der Waals surface area contributed by atoms with Gasteiger partial charge in [-0.1, -0.05) is 17.7 Å². The number of nitrogens with zero attached hydrogens (tertiary/aromatic N) is 1. The molecule has 1 fully saturated rings. The number of nitrogens with one attached hydrogen (secondary N) is 1. The molecule has 0 bridgehead atoms. The highest BCUT2D eigenvalue weighted by molar-refractivity contribution is 6.33. The van der Waals surface area contributed by atoms with Crippen LogP contribution in [0.2, 0.25) is 5.02 Å². The SMILES string of the molecule is Cc1ccc(NC(=O)CN2CC[C@@H](O)C2)c(Cl)c1. The Hall–Kier alpha value is -1.10. The van der Waals surface area contributed by atoms with Crippen LogP contribution in [0.15, 0.2) is 18.2 Å². The number of likely N-dealkylation sites (tertiary alicyclic amines) is 1. The van der Waals surface area contributed by atoms with E-state index in [4.69, 9.17) is 11.6 Å². The molecule has 0 aliphatic carbocycles. The summed E-state index contributed by atoms with van der Waals surface area (Å²) in [6.45, 7) is 3.57. The first kappa shape index (κ1) is 13.3. The Labute approximate surface area is 112 Å². The fourth-order valence-corrected chi connectivity index (χ4v) is 2.35. The maximum absolute atomic E-state index is 11.8. The number of anilines is 1. The second kappa shape index (κ2) is 5.69. The molecule has 2 N–H and O–H groups in total. The summed E-state index contributed by atoms with van der Waals surface area (Å²) in [6, 6.07) is 5.52. The molecule has 0 radical (unpaired) electrons. The average molecular weight is 269 g/mol. The van der Waals surface area contributed by atoms with E-state index in [2.05, 4.69) is 5.32 Å². The molecule has 0 saturated carbocycles. The zero-order chi connectivity index (χ0) is 13.1. The minimum atomic E-state index is -0.305. The molecule has 98 valence electrons. The lowest BCUT2D eigenvalue weighted by Gasteiger charge is -2.15. The number of aliphatic hydroxyl groups is 1. The zero-order valence-corrected chi connectivity index (χ0v) is 11.1. The van der Waals surface area contributed by atoms with E-state index in [0.717, 1.165) is 18.5 Å². The number of hydrogen-bond donors (Lipinski definition) is 2. The summed E-state index contributed by atoms with van der Waals surface area (Å²) in [5.74, 6) is -0.102. The molecule has 1 aromatic carbocycles. The zero-order valence-electron chi connectivity index (χ0n) is 10.3. The van der Waals surface area contributed by atoms with Crippen LogP contribution in [0, 0.1) is 6.92 Å². The van der Waals surface area contributed by atoms with Crippen molar-refractivity contribution in [3.05, 3.63) is 28.8 Å². The van der Waals surface area contributed by atoms with Gasteiger partial charge in [0.1, 0.15) is 0 Å². The van der Waals surface area contributed by atoms with Crippen molar-refractivity contribution in [2.45, 2.75) is 19.4 Å². The fourth-order valence-electron chi connectivity index (χ4n) is 2.07. The lowest BCUT2D eigenvalue weighted by molar-refractivity contribution is -0.117. The lowest BCUT2D eigenvalue weighted by Crippen LogP contribution is -2.32. The van der Waals surface area contributed by atoms with Gasteiger partial charge in [-0.05, 0) is 31.0 Å². The fraction of sp³-hybridized carbons (Fsp3) is 0.462. The van der Waals surface area contributed by atoms with Gasteiger partial charge >= 0.3 is 0 Å². The van der Waals surface area contributed by atoms with Gasteiger partial charge in [0.05, 0.1) is 23.4 Å². The van der Waals surface area contributed by atoms with Gasteiger partial charge in [0.2, 0.25) is 5.91 Å². The van der Waals surface area contributed by atoms with Crippen LogP contribution >= 0.6 is 11.6 Å². The van der Waals surface area contributed by atoms with Gasteiger partial charge in [0, 0.05) is 13.1 Å². The van der Waals surface area contributed by atoms with E-state index in [-0.39, 0.29) is 12.0 Å². The maximum atomic E-state index is 11.8. The molecule has 1 heterocycles. The van der Waals surface area contributed by atoms with Crippen LogP contribution in [0.1, 0.15) is 12.0 Å². The number of hydrogen-bond acceptors (Lipinski definition) is 3. The van der Waals surface area contributed by atoms with Gasteiger partial charge in [0.25, 0.3) is 0 Å². The van der Waals surface area contributed by atoms with Crippen molar-refractivity contribution in [1.29, 1.82) is 0 Å². The summed E-state index contributed by atoms with van der Waals surface area (Å²) in [7, 11) is 0. The summed E-state index contributed by atoms with van der Waals surface area (Å²) in [5.41, 5.74) is 1.69. The maximum Gasteiger partial charge on any atom is 0.238 e. The van der Waals surface area contributed by atoms with Crippen molar-refractivity contribution in [3.8, 4) is 0 Å². The average Bonchev–Trinajstić information content (AvgIpc) is 2.68. The Kier molecular flexibility index (Phi) is 4.22. The van der Waals surface area contributed by atoms with Crippen molar-refractivity contribution in [1.82, 2.24) is 4.90 Å². The molecule has 1 saturated heterocycles. The number of aryl methyl sites for hydroxylation is 1. The van der Waals surface area contributed by atoms with Crippen molar-refractivity contribution >= 4 is 23.2 Å². The molecule has 0 unspecified atom stereocenters. The summed E-state index contributed by atoms with van der Waals surface area (Å²) in [4.78, 5) is 13.8. The van der Waals surface area contributed by atoms with Crippen molar-refractivity contribution in [2.75, 3.05) is 25.0 Å². The largest absolute Gasteiger partial charge is 0.392 e. The molecule has 5 heteroatoms. The number of aliphatic hydroxyl groups excluding tert-OH is 1. The van der Waals surface area contributed by atoms with Crippen molar-refractivity contribution < 1.29 is 9.90 Å². The standard InChI is InChI=1S/C13H17ClN2O2/c1-9-2-3-12(11(14)6-9)15-13(18)8-16-5-4-10(17)7-16/h2-3,6,10,17H,4-5,7-8H2,1H3,(H,15,18)/t10-/m1/s1. The topological polar surface area (TPSA) is 52.6 Å². The predicted octanol–water partition coefficient (Wildman–Crippen LogP) is 1.65. The van der Waals surface area contributed by atoms with Gasteiger partial charge < -0.3 is 10.4 Å². The van der Waals surface area contributed by atoms with Crippen LogP contribution in [0.4, 0.5) is 5.69 Å². The third-order valence-corrected chi connectivity index (χ3v) is 3.33. The summed E-state index contributed by atoms with van der Waals surface area (Å²) in [5, 5.41) is 12.7. The smallest absolute Gasteiger partial charge is 0.238 e. The van der Waals surface area contributed by atoms with Crippen LogP contribution in [0.5, 0.6) is 0 Å². The molecule has 1 aliphatic heterocycles. The van der Waals surface area contributed by atoms with Gasteiger partial charge in [-0.2, -0.15) is 0 Å². The van der Waals surface area contributed by atoms with Crippen LogP contribution in [-0.2, 0) is 4.79 Å². The second-order valence-electron chi connectivity index (χ2n) is 4.71. The molecule has 4 nitrogen and oxygen atoms in total. The van der Waals surface area contributed by atoms with Crippen LogP contribution < -0.4 is 5.32 Å². The Morgan fingerprint density at radius 2 is 2.39 bits per heavy atom. The van der Waals surface area contributed by atoms with E-state index in [0.29, 0.717) is 23.8 Å². The highest BCUT2D eigenvalue weighted by Gasteiger charge is 2.22. The van der Waals surface area contributed by atoms with Crippen molar-refractivity contribution in [2.24, 2.45) is 0 Å². The normalized spacial score (nSPS) is 20.1. The van der Waals surface area contributed by atoms with E-state index in [9.17, 15) is 9.90 Å². The van der Waals surface area contributed by atoms with Gasteiger partial charge in [-0.15, -0.1) is 0 Å². The molecular weight excluding hydrogens is 252 g/mol. The second-order valence-corrected chi connectivity index (χ2v) is 5.12. The highest BCUT2D eigenvalue weighted by Crippen LogP contribution is 2.22. The van der Waals surface area contributed by atoms with Crippen LogP contribution in [0.3, 0.4) is 0 Å². The molecule has 18 heavy (non-hydrogen) atoms. The van der Waals surface area contributed by atoms with Crippen LogP contribution in [-0.4, -0.2) is 41.7 Å². The van der Waals surface area contributed by atoms with E-state index < -0.39 is 0 Å².